The van der Waals surface area contributed by atoms with Crippen LogP contribution in [0.25, 0.3) is 89.2 Å². The van der Waals surface area contributed by atoms with E-state index in [-0.39, 0.29) is 20.1 Å². The second-order valence-corrected chi connectivity index (χ2v) is 15.7. The van der Waals surface area contributed by atoms with E-state index < -0.39 is 0 Å². The minimum Gasteiger partial charge on any atom is -0.491 e. The normalized spacial score (nSPS) is 11.1. The van der Waals surface area contributed by atoms with E-state index in [1.165, 1.54) is 33.4 Å². The van der Waals surface area contributed by atoms with Crippen LogP contribution in [-0.2, 0) is 20.1 Å². The second kappa shape index (κ2) is 18.9. The Morgan fingerprint density at radius 3 is 1.60 bits per heavy atom. The third-order valence-corrected chi connectivity index (χ3v) is 10.9. The van der Waals surface area contributed by atoms with Crippen molar-refractivity contribution in [3.05, 3.63) is 212 Å². The fraction of sp³-hybridized carbons (Fsp3) is 0.105. The molecule has 10 aromatic rings. The summed E-state index contributed by atoms with van der Waals surface area (Å²) in [7, 11) is 0. The number of aromatic nitrogens is 3. The molecule has 10 rings (SSSR count). The van der Waals surface area contributed by atoms with Crippen LogP contribution in [0.15, 0.2) is 187 Å². The maximum absolute atomic E-state index is 6.14. The van der Waals surface area contributed by atoms with Gasteiger partial charge in [-0.25, -0.2) is 0 Å². The van der Waals surface area contributed by atoms with Crippen molar-refractivity contribution < 1.29 is 24.5 Å². The van der Waals surface area contributed by atoms with Gasteiger partial charge in [-0.05, 0) is 80.2 Å². The Morgan fingerprint density at radius 1 is 0.468 bits per heavy atom. The average Bonchev–Trinajstić information content (AvgIpc) is 3.71. The van der Waals surface area contributed by atoms with Crippen molar-refractivity contribution in [1.82, 2.24) is 15.0 Å². The molecule has 0 radical (unpaired) electrons. The van der Waals surface area contributed by atoms with Crippen molar-refractivity contribution in [3.8, 4) is 67.3 Å². The van der Waals surface area contributed by atoms with Gasteiger partial charge in [0.25, 0.3) is 0 Å². The van der Waals surface area contributed by atoms with Gasteiger partial charge in [-0.2, -0.15) is 0 Å². The molecule has 0 fully saturated rings. The molecule has 0 aliphatic rings. The van der Waals surface area contributed by atoms with Crippen LogP contribution in [0.3, 0.4) is 0 Å². The van der Waals surface area contributed by atoms with E-state index in [0.29, 0.717) is 11.8 Å². The van der Waals surface area contributed by atoms with Gasteiger partial charge in [0.1, 0.15) is 5.58 Å². The molecule has 4 nitrogen and oxygen atoms in total. The van der Waals surface area contributed by atoms with Crippen molar-refractivity contribution in [2.75, 3.05) is 0 Å². The van der Waals surface area contributed by atoms with Crippen molar-refractivity contribution in [1.29, 1.82) is 0 Å². The van der Waals surface area contributed by atoms with Crippen LogP contribution >= 0.6 is 0 Å². The first-order valence-electron chi connectivity index (χ1n) is 20.8. The standard InChI is InChI=1S/C35H31N.C22H13N2O.Ir/c1-24(2)31-20-29(26-14-8-5-9-15-26)21-32(25(3)4)35(31)30-22-33(27-16-10-6-11-17-27)36-34(23-30)28-18-12-7-13-19-28;1-2-10-21-16(7-1)17-13-15(19-8-3-5-11-23-19)14-18(22(17)25-21)20-9-4-6-12-24-20;/h5-16,18,20-25H,1-4H3;1-13H;/q-2;-1;+3. The van der Waals surface area contributed by atoms with Crippen molar-refractivity contribution in [3.63, 3.8) is 0 Å². The van der Waals surface area contributed by atoms with Gasteiger partial charge >= 0.3 is 20.1 Å². The summed E-state index contributed by atoms with van der Waals surface area (Å²) >= 11 is 0. The smallest absolute Gasteiger partial charge is 0.491 e. The van der Waals surface area contributed by atoms with E-state index in [4.69, 9.17) is 9.40 Å². The van der Waals surface area contributed by atoms with E-state index in [1.807, 2.05) is 91.0 Å². The second-order valence-electron chi connectivity index (χ2n) is 15.7. The minimum absolute atomic E-state index is 0. The van der Waals surface area contributed by atoms with Gasteiger partial charge in [-0.15, -0.1) is 83.9 Å². The van der Waals surface area contributed by atoms with Crippen molar-refractivity contribution >= 4 is 21.9 Å². The number of pyridine rings is 3. The predicted molar refractivity (Wildman–Crippen MR) is 251 cm³/mol. The predicted octanol–water partition coefficient (Wildman–Crippen LogP) is 15.1. The van der Waals surface area contributed by atoms with Gasteiger partial charge in [0.05, 0.1) is 5.58 Å². The number of nitrogens with zero attached hydrogens (tertiary/aromatic N) is 3. The Labute approximate surface area is 377 Å². The molecule has 4 heterocycles. The zero-order valence-corrected chi connectivity index (χ0v) is 37.5. The van der Waals surface area contributed by atoms with Crippen LogP contribution in [0.5, 0.6) is 0 Å². The first kappa shape index (κ1) is 41.9. The zero-order chi connectivity index (χ0) is 41.7. The van der Waals surface area contributed by atoms with Gasteiger partial charge in [-0.1, -0.05) is 136 Å². The van der Waals surface area contributed by atoms with E-state index in [9.17, 15) is 0 Å². The Balaban J connectivity index is 0.000000178. The van der Waals surface area contributed by atoms with Gasteiger partial charge in [-0.3, -0.25) is 9.97 Å². The van der Waals surface area contributed by atoms with Gasteiger partial charge in [0, 0.05) is 29.2 Å². The molecule has 302 valence electrons. The van der Waals surface area contributed by atoms with E-state index in [0.717, 1.165) is 67.0 Å². The van der Waals surface area contributed by atoms with Crippen molar-refractivity contribution in [2.24, 2.45) is 0 Å². The summed E-state index contributed by atoms with van der Waals surface area (Å²) in [5.74, 6) is 0.737. The molecule has 0 bridgehead atoms. The Bertz CT molecular complexity index is 2970. The van der Waals surface area contributed by atoms with Gasteiger partial charge < -0.3 is 9.40 Å². The number of fused-ring (bicyclic) bond motifs is 3. The fourth-order valence-electron chi connectivity index (χ4n) is 7.90. The number of rotatable bonds is 8. The maximum Gasteiger partial charge on any atom is 3.00 e. The number of benzene rings is 6. The molecule has 5 heteroatoms. The molecule has 0 saturated heterocycles. The summed E-state index contributed by atoms with van der Waals surface area (Å²) in [4.78, 5) is 14.0. The van der Waals surface area contributed by atoms with Gasteiger partial charge in [0.2, 0.25) is 0 Å². The van der Waals surface area contributed by atoms with Crippen LogP contribution in [0.1, 0.15) is 50.7 Å². The summed E-state index contributed by atoms with van der Waals surface area (Å²) in [5, 5.41) is 2.14. The summed E-state index contributed by atoms with van der Waals surface area (Å²) in [6.45, 7) is 9.15. The fourth-order valence-corrected chi connectivity index (χ4v) is 7.90. The minimum atomic E-state index is 0. The van der Waals surface area contributed by atoms with E-state index in [2.05, 4.69) is 135 Å². The van der Waals surface area contributed by atoms with Crippen LogP contribution < -0.4 is 0 Å². The van der Waals surface area contributed by atoms with Crippen LogP contribution in [0.4, 0.5) is 0 Å². The number of para-hydroxylation sites is 1. The number of hydrogen-bond acceptors (Lipinski definition) is 4. The molecule has 62 heavy (non-hydrogen) atoms. The molecule has 0 N–H and O–H groups in total. The molecular formula is C57H44IrN3O. The summed E-state index contributed by atoms with van der Waals surface area (Å²) < 4.78 is 6.14. The third kappa shape index (κ3) is 8.83. The summed E-state index contributed by atoms with van der Waals surface area (Å²) in [5.41, 5.74) is 16.8. The van der Waals surface area contributed by atoms with E-state index in [1.54, 1.807) is 12.4 Å². The Hall–Kier alpha value is -6.78. The molecule has 0 saturated carbocycles. The Kier molecular flexibility index (Phi) is 12.8. The van der Waals surface area contributed by atoms with Crippen LogP contribution in [-0.4, -0.2) is 15.0 Å². The Morgan fingerprint density at radius 2 is 1.03 bits per heavy atom. The number of hydrogen-bond donors (Lipinski definition) is 0. The number of furan rings is 1. The molecule has 0 unspecified atom stereocenters. The summed E-state index contributed by atoms with van der Waals surface area (Å²) in [6.07, 6.45) is 3.58. The van der Waals surface area contributed by atoms with Crippen LogP contribution in [0.2, 0.25) is 0 Å². The molecular weight excluding hydrogens is 935 g/mol. The third-order valence-electron chi connectivity index (χ3n) is 10.9. The SMILES string of the molecule is CC(C)c1cc(-c2ccccc2)cc(C(C)C)c1-c1cc(-c2[c-]cccc2)nc(-c2[c-]cccc2)c1.[Ir+3].[c-]1c(-c2ccccn2)cc2c(oc3ccccc32)c1-c1ccccn1. The van der Waals surface area contributed by atoms with Gasteiger partial charge in [0.15, 0.2) is 0 Å². The first-order chi connectivity index (χ1) is 29.9. The zero-order valence-electron chi connectivity index (χ0n) is 35.1. The van der Waals surface area contributed by atoms with E-state index >= 15 is 0 Å². The maximum atomic E-state index is 6.14. The largest absolute Gasteiger partial charge is 3.00 e. The topological polar surface area (TPSA) is 51.8 Å². The summed E-state index contributed by atoms with van der Waals surface area (Å²) in [6, 6.07) is 68.1. The molecule has 0 amide bonds. The molecule has 4 aromatic heterocycles. The average molecular weight is 979 g/mol. The molecule has 0 aliphatic heterocycles. The van der Waals surface area contributed by atoms with Crippen molar-refractivity contribution in [2.45, 2.75) is 39.5 Å². The monoisotopic (exact) mass is 979 g/mol. The molecule has 0 aliphatic carbocycles. The molecule has 0 spiro atoms. The molecule has 0 atom stereocenters. The van der Waals surface area contributed by atoms with Crippen LogP contribution in [0, 0.1) is 18.2 Å². The first-order valence-corrected chi connectivity index (χ1v) is 20.8. The quantitative estimate of drug-likeness (QED) is 0.142. The molecule has 6 aromatic carbocycles.